The molecule has 3 heterocycles. The fourth-order valence-electron chi connectivity index (χ4n) is 2.99. The van der Waals surface area contributed by atoms with Crippen molar-refractivity contribution in [2.24, 2.45) is 0 Å². The molecule has 0 radical (unpaired) electrons. The summed E-state index contributed by atoms with van der Waals surface area (Å²) in [5.74, 6) is 1.26. The molecule has 1 aliphatic heterocycles. The van der Waals surface area contributed by atoms with E-state index >= 15 is 0 Å². The lowest BCUT2D eigenvalue weighted by Gasteiger charge is -2.40. The average molecular weight is 346 g/mol. The number of amides is 1. The second-order valence-electron chi connectivity index (χ2n) is 6.11. The van der Waals surface area contributed by atoms with Gasteiger partial charge in [-0.25, -0.2) is 15.0 Å². The van der Waals surface area contributed by atoms with Gasteiger partial charge in [0.15, 0.2) is 0 Å². The van der Waals surface area contributed by atoms with Crippen molar-refractivity contribution >= 4 is 17.4 Å². The monoisotopic (exact) mass is 346 g/mol. The van der Waals surface area contributed by atoms with E-state index in [-0.39, 0.29) is 11.9 Å². The number of aryl methyl sites for hydroxylation is 1. The Balaban J connectivity index is 1.57. The quantitative estimate of drug-likeness (QED) is 0.782. The Labute approximate surface area is 151 Å². The maximum Gasteiger partial charge on any atom is 0.274 e. The van der Waals surface area contributed by atoms with Crippen molar-refractivity contribution in [2.45, 2.75) is 19.4 Å². The van der Waals surface area contributed by atoms with Crippen LogP contribution in [-0.4, -0.2) is 37.3 Å². The van der Waals surface area contributed by atoms with E-state index in [0.717, 1.165) is 23.6 Å². The molecule has 7 heteroatoms. The van der Waals surface area contributed by atoms with Crippen LogP contribution in [-0.2, 0) is 0 Å². The Kier molecular flexibility index (Phi) is 4.27. The molecule has 1 saturated heterocycles. The highest BCUT2D eigenvalue weighted by Crippen LogP contribution is 2.34. The van der Waals surface area contributed by atoms with Crippen LogP contribution in [0.3, 0.4) is 0 Å². The minimum Gasteiger partial charge on any atom is -0.340 e. The third kappa shape index (κ3) is 3.23. The molecule has 1 fully saturated rings. The number of rotatable bonds is 4. The molecule has 1 N–H and O–H groups in total. The van der Waals surface area contributed by atoms with Gasteiger partial charge in [-0.15, -0.1) is 0 Å². The number of benzene rings is 1. The summed E-state index contributed by atoms with van der Waals surface area (Å²) in [6.45, 7) is 2.54. The Morgan fingerprint density at radius 2 is 2.04 bits per heavy atom. The molecule has 4 rings (SSSR count). The van der Waals surface area contributed by atoms with Crippen molar-refractivity contribution in [2.75, 3.05) is 11.9 Å². The van der Waals surface area contributed by atoms with Crippen LogP contribution in [0, 0.1) is 6.92 Å². The zero-order valence-corrected chi connectivity index (χ0v) is 14.3. The van der Waals surface area contributed by atoms with Crippen molar-refractivity contribution in [1.29, 1.82) is 0 Å². The van der Waals surface area contributed by atoms with Crippen molar-refractivity contribution < 1.29 is 4.79 Å². The van der Waals surface area contributed by atoms with E-state index in [2.05, 4.69) is 25.3 Å². The lowest BCUT2D eigenvalue weighted by atomic mass is 9.98. The first-order chi connectivity index (χ1) is 12.7. The molecule has 130 valence electrons. The van der Waals surface area contributed by atoms with E-state index < -0.39 is 0 Å². The van der Waals surface area contributed by atoms with E-state index in [4.69, 9.17) is 0 Å². The molecule has 1 aromatic carbocycles. The van der Waals surface area contributed by atoms with Gasteiger partial charge in [0.2, 0.25) is 0 Å². The number of carbonyl (C=O) groups excluding carboxylic acids is 1. The lowest BCUT2D eigenvalue weighted by Crippen LogP contribution is -2.45. The number of anilines is 2. The van der Waals surface area contributed by atoms with Crippen LogP contribution in [0.25, 0.3) is 0 Å². The van der Waals surface area contributed by atoms with Crippen LogP contribution in [0.1, 0.15) is 34.5 Å². The molecular formula is C19H18N6O. The van der Waals surface area contributed by atoms with Crippen molar-refractivity contribution in [3.8, 4) is 0 Å². The highest BCUT2D eigenvalue weighted by Gasteiger charge is 2.35. The van der Waals surface area contributed by atoms with Crippen molar-refractivity contribution in [3.63, 3.8) is 0 Å². The number of nitrogens with one attached hydrogen (secondary N) is 1. The summed E-state index contributed by atoms with van der Waals surface area (Å²) in [6, 6.07) is 11.7. The zero-order chi connectivity index (χ0) is 17.9. The van der Waals surface area contributed by atoms with Gasteiger partial charge < -0.3 is 10.2 Å². The summed E-state index contributed by atoms with van der Waals surface area (Å²) in [5, 5.41) is 3.29. The average Bonchev–Trinajstić information content (AvgIpc) is 2.62. The Bertz CT molecular complexity index is 916. The van der Waals surface area contributed by atoms with Crippen LogP contribution in [0.15, 0.2) is 55.0 Å². The number of nitrogens with zero attached hydrogens (tertiary/aromatic N) is 5. The Hall–Kier alpha value is -3.35. The fraction of sp³-hybridized carbons (Fsp3) is 0.211. The summed E-state index contributed by atoms with van der Waals surface area (Å²) in [5.41, 5.74) is 2.14. The van der Waals surface area contributed by atoms with Gasteiger partial charge in [-0.2, -0.15) is 0 Å². The highest BCUT2D eigenvalue weighted by atomic mass is 16.2. The molecule has 0 saturated carbocycles. The molecule has 0 spiro atoms. The molecular weight excluding hydrogens is 328 g/mol. The lowest BCUT2D eigenvalue weighted by molar-refractivity contribution is 0.0443. The number of aromatic nitrogens is 4. The molecule has 26 heavy (non-hydrogen) atoms. The molecule has 1 amide bonds. The first-order valence-electron chi connectivity index (χ1n) is 8.45. The van der Waals surface area contributed by atoms with E-state index in [1.165, 1.54) is 12.4 Å². The third-order valence-electron chi connectivity index (χ3n) is 4.31. The molecule has 2 aromatic heterocycles. The van der Waals surface area contributed by atoms with Gasteiger partial charge in [-0.3, -0.25) is 9.78 Å². The smallest absolute Gasteiger partial charge is 0.274 e. The number of para-hydroxylation sites is 1. The number of hydrogen-bond donors (Lipinski definition) is 1. The largest absolute Gasteiger partial charge is 0.340 e. The third-order valence-corrected chi connectivity index (χ3v) is 4.31. The van der Waals surface area contributed by atoms with Gasteiger partial charge >= 0.3 is 0 Å². The first-order valence-corrected chi connectivity index (χ1v) is 8.45. The first kappa shape index (κ1) is 16.1. The highest BCUT2D eigenvalue weighted by molar-refractivity contribution is 5.92. The maximum atomic E-state index is 12.6. The minimum atomic E-state index is -0.122. The predicted octanol–water partition coefficient (Wildman–Crippen LogP) is 2.91. The van der Waals surface area contributed by atoms with Crippen LogP contribution < -0.4 is 5.32 Å². The van der Waals surface area contributed by atoms with E-state index in [1.54, 1.807) is 11.1 Å². The van der Waals surface area contributed by atoms with Gasteiger partial charge in [-0.05, 0) is 25.5 Å². The van der Waals surface area contributed by atoms with E-state index in [1.807, 2.05) is 43.3 Å². The van der Waals surface area contributed by atoms with Gasteiger partial charge in [0.05, 0.1) is 17.9 Å². The number of likely N-dealkylation sites (tertiary alicyclic amines) is 1. The fourth-order valence-corrected chi connectivity index (χ4v) is 2.99. The SMILES string of the molecule is Cc1nc(Nc2ccccc2)cc(C2CCN2C(=O)c2cnccn2)n1. The number of carbonyl (C=O) groups is 1. The predicted molar refractivity (Wildman–Crippen MR) is 96.9 cm³/mol. The second-order valence-corrected chi connectivity index (χ2v) is 6.11. The van der Waals surface area contributed by atoms with Crippen LogP contribution in [0.5, 0.6) is 0 Å². The summed E-state index contributed by atoms with van der Waals surface area (Å²) >= 11 is 0. The van der Waals surface area contributed by atoms with Crippen molar-refractivity contribution in [3.05, 3.63) is 72.2 Å². The minimum absolute atomic E-state index is 0.0671. The van der Waals surface area contributed by atoms with E-state index in [0.29, 0.717) is 18.1 Å². The Morgan fingerprint density at radius 3 is 2.73 bits per heavy atom. The molecule has 3 aromatic rings. The van der Waals surface area contributed by atoms with Gasteiger partial charge in [-0.1, -0.05) is 18.2 Å². The second kappa shape index (κ2) is 6.87. The molecule has 0 bridgehead atoms. The van der Waals surface area contributed by atoms with Gasteiger partial charge in [0.25, 0.3) is 5.91 Å². The van der Waals surface area contributed by atoms with Gasteiger partial charge in [0, 0.05) is 30.7 Å². The molecule has 1 unspecified atom stereocenters. The summed E-state index contributed by atoms with van der Waals surface area (Å²) < 4.78 is 0. The zero-order valence-electron chi connectivity index (χ0n) is 14.3. The van der Waals surface area contributed by atoms with Crippen molar-refractivity contribution in [1.82, 2.24) is 24.8 Å². The van der Waals surface area contributed by atoms with E-state index in [9.17, 15) is 4.79 Å². The van der Waals surface area contributed by atoms with Crippen LogP contribution >= 0.6 is 0 Å². The number of hydrogen-bond acceptors (Lipinski definition) is 6. The molecule has 1 atom stereocenters. The molecule has 7 nitrogen and oxygen atoms in total. The normalized spacial score (nSPS) is 16.0. The molecule has 1 aliphatic rings. The summed E-state index contributed by atoms with van der Waals surface area (Å²) in [7, 11) is 0. The molecule has 0 aliphatic carbocycles. The van der Waals surface area contributed by atoms with Crippen LogP contribution in [0.2, 0.25) is 0 Å². The van der Waals surface area contributed by atoms with Gasteiger partial charge in [0.1, 0.15) is 17.3 Å². The standard InChI is InChI=1S/C19H18N6O/c1-13-22-15(11-18(23-13)24-14-5-3-2-4-6-14)17-7-10-25(17)19(26)16-12-20-8-9-21-16/h2-6,8-9,11-12,17H,7,10H2,1H3,(H,22,23,24). The Morgan fingerprint density at radius 1 is 1.19 bits per heavy atom. The summed E-state index contributed by atoms with van der Waals surface area (Å²) in [6.07, 6.45) is 5.44. The maximum absolute atomic E-state index is 12.6. The topological polar surface area (TPSA) is 83.9 Å². The summed E-state index contributed by atoms with van der Waals surface area (Å²) in [4.78, 5) is 31.5. The van der Waals surface area contributed by atoms with Crippen LogP contribution in [0.4, 0.5) is 11.5 Å².